The summed E-state index contributed by atoms with van der Waals surface area (Å²) in [4.78, 5) is 8.54. The average Bonchev–Trinajstić information content (AvgIpc) is 2.63. The van der Waals surface area contributed by atoms with Crippen molar-refractivity contribution in [3.05, 3.63) is 65.6 Å². The molecule has 0 atom stereocenters. The molecular formula is C21H19ClN2O. The average molecular weight is 351 g/mol. The molecule has 0 bridgehead atoms. The van der Waals surface area contributed by atoms with Crippen LogP contribution >= 0.6 is 11.6 Å². The molecule has 0 aliphatic heterocycles. The van der Waals surface area contributed by atoms with Gasteiger partial charge in [-0.2, -0.15) is 0 Å². The number of aromatic nitrogens is 2. The van der Waals surface area contributed by atoms with Gasteiger partial charge in [-0.3, -0.25) is 0 Å². The molecule has 0 spiro atoms. The lowest BCUT2D eigenvalue weighted by molar-refractivity contribution is 0.476. The van der Waals surface area contributed by atoms with Crippen molar-refractivity contribution in [3.8, 4) is 16.9 Å². The van der Waals surface area contributed by atoms with Crippen LogP contribution in [0.2, 0.25) is 5.02 Å². The highest BCUT2D eigenvalue weighted by atomic mass is 35.5. The van der Waals surface area contributed by atoms with Gasteiger partial charge < -0.3 is 5.11 Å². The highest BCUT2D eigenvalue weighted by Gasteiger charge is 2.12. The van der Waals surface area contributed by atoms with E-state index in [0.717, 1.165) is 38.5 Å². The van der Waals surface area contributed by atoms with Gasteiger partial charge in [0.05, 0.1) is 5.52 Å². The Morgan fingerprint density at radius 1 is 0.880 bits per heavy atom. The Hall–Kier alpha value is -2.65. The fourth-order valence-electron chi connectivity index (χ4n) is 2.93. The summed E-state index contributed by atoms with van der Waals surface area (Å²) in [5.41, 5.74) is 3.47. The lowest BCUT2D eigenvalue weighted by Crippen LogP contribution is -1.90. The summed E-state index contributed by atoms with van der Waals surface area (Å²) in [7, 11) is 0. The van der Waals surface area contributed by atoms with Gasteiger partial charge in [-0.05, 0) is 47.5 Å². The van der Waals surface area contributed by atoms with Crippen molar-refractivity contribution in [2.75, 3.05) is 0 Å². The lowest BCUT2D eigenvalue weighted by atomic mass is 9.96. The van der Waals surface area contributed by atoms with E-state index < -0.39 is 0 Å². The summed E-state index contributed by atoms with van der Waals surface area (Å²) in [5, 5.41) is 13.6. The summed E-state index contributed by atoms with van der Waals surface area (Å²) in [6.07, 6.45) is 1.55. The summed E-state index contributed by atoms with van der Waals surface area (Å²) >= 11 is 6.53. The molecule has 3 aromatic carbocycles. The van der Waals surface area contributed by atoms with Crippen molar-refractivity contribution in [1.82, 2.24) is 9.97 Å². The van der Waals surface area contributed by atoms with Gasteiger partial charge in [-0.25, -0.2) is 9.97 Å². The molecule has 4 heteroatoms. The van der Waals surface area contributed by atoms with Gasteiger partial charge in [0.15, 0.2) is 0 Å². The normalized spacial score (nSPS) is 10.6. The number of rotatable bonds is 1. The van der Waals surface area contributed by atoms with Crippen molar-refractivity contribution in [3.63, 3.8) is 0 Å². The second kappa shape index (κ2) is 7.08. The molecule has 0 saturated carbocycles. The third-order valence-electron chi connectivity index (χ3n) is 4.06. The largest absolute Gasteiger partial charge is 0.508 e. The molecule has 3 nitrogen and oxygen atoms in total. The summed E-state index contributed by atoms with van der Waals surface area (Å²) in [5.74, 6) is 0.216. The third-order valence-corrected chi connectivity index (χ3v) is 4.37. The van der Waals surface area contributed by atoms with Crippen LogP contribution in [0.1, 0.15) is 19.5 Å². The van der Waals surface area contributed by atoms with E-state index in [1.54, 1.807) is 18.5 Å². The van der Waals surface area contributed by atoms with Crippen LogP contribution in [-0.2, 0) is 0 Å². The van der Waals surface area contributed by atoms with Gasteiger partial charge >= 0.3 is 0 Å². The Morgan fingerprint density at radius 2 is 1.64 bits per heavy atom. The van der Waals surface area contributed by atoms with E-state index in [2.05, 4.69) is 9.97 Å². The van der Waals surface area contributed by atoms with Crippen molar-refractivity contribution in [2.45, 2.75) is 20.8 Å². The van der Waals surface area contributed by atoms with Gasteiger partial charge in [0.2, 0.25) is 0 Å². The maximum absolute atomic E-state index is 10.1. The fraction of sp³-hybridized carbons (Fsp3) is 0.143. The molecule has 0 amide bonds. The molecule has 25 heavy (non-hydrogen) atoms. The molecule has 1 N–H and O–H groups in total. The molecule has 0 unspecified atom stereocenters. The summed E-state index contributed by atoms with van der Waals surface area (Å²) in [6.45, 7) is 5.93. The molecule has 0 aliphatic carbocycles. The Kier molecular flexibility index (Phi) is 4.86. The molecule has 0 fully saturated rings. The minimum Gasteiger partial charge on any atom is -0.508 e. The highest BCUT2D eigenvalue weighted by molar-refractivity contribution is 6.34. The molecule has 0 radical (unpaired) electrons. The number of fused-ring (bicyclic) bond motifs is 2. The Balaban J connectivity index is 0.000000880. The van der Waals surface area contributed by atoms with E-state index in [4.69, 9.17) is 11.6 Å². The molecular weight excluding hydrogens is 332 g/mol. The molecule has 4 aromatic rings. The maximum Gasteiger partial charge on any atom is 0.116 e. The first-order chi connectivity index (χ1) is 12.1. The van der Waals surface area contributed by atoms with Crippen LogP contribution in [0.4, 0.5) is 0 Å². The first-order valence-electron chi connectivity index (χ1n) is 8.26. The van der Waals surface area contributed by atoms with Crippen LogP contribution in [0.25, 0.3) is 32.8 Å². The van der Waals surface area contributed by atoms with Crippen LogP contribution < -0.4 is 0 Å². The standard InChI is InChI=1S/C19H13ClN2O.C2H6/c1-11-15-8-18(20)17(9-19(15)22-10-21-11)16-7-13(23)6-12-4-2-3-5-14(12)16;1-2/h2-10,23H,1H3;1-2H3. The Morgan fingerprint density at radius 3 is 2.44 bits per heavy atom. The molecule has 126 valence electrons. The number of hydrogen-bond donors (Lipinski definition) is 1. The smallest absolute Gasteiger partial charge is 0.116 e. The molecule has 1 heterocycles. The second-order valence-corrected chi connectivity index (χ2v) is 5.93. The van der Waals surface area contributed by atoms with E-state index >= 15 is 0 Å². The Bertz CT molecular complexity index is 1060. The van der Waals surface area contributed by atoms with Crippen molar-refractivity contribution in [1.29, 1.82) is 0 Å². The Labute approximate surface area is 151 Å². The fourth-order valence-corrected chi connectivity index (χ4v) is 3.20. The zero-order chi connectivity index (χ0) is 18.0. The zero-order valence-electron chi connectivity index (χ0n) is 14.4. The number of phenolic OH excluding ortho intramolecular Hbond substituents is 1. The first-order valence-corrected chi connectivity index (χ1v) is 8.64. The third kappa shape index (κ3) is 3.15. The highest BCUT2D eigenvalue weighted by Crippen LogP contribution is 2.38. The number of halogens is 1. The number of aromatic hydroxyl groups is 1. The van der Waals surface area contributed by atoms with Crippen LogP contribution in [0.5, 0.6) is 5.75 Å². The van der Waals surface area contributed by atoms with Crippen molar-refractivity contribution >= 4 is 33.3 Å². The summed E-state index contributed by atoms with van der Waals surface area (Å²) < 4.78 is 0. The minimum atomic E-state index is 0.216. The van der Waals surface area contributed by atoms with Crippen LogP contribution in [0, 0.1) is 6.92 Å². The number of phenols is 1. The topological polar surface area (TPSA) is 46.0 Å². The quantitative estimate of drug-likeness (QED) is 0.448. The first kappa shape index (κ1) is 17.2. The van der Waals surface area contributed by atoms with Crippen LogP contribution in [0.3, 0.4) is 0 Å². The van der Waals surface area contributed by atoms with Crippen LogP contribution in [0.15, 0.2) is 54.9 Å². The molecule has 0 saturated heterocycles. The van der Waals surface area contributed by atoms with E-state index in [-0.39, 0.29) is 5.75 Å². The minimum absolute atomic E-state index is 0.216. The lowest BCUT2D eigenvalue weighted by Gasteiger charge is -2.11. The van der Waals surface area contributed by atoms with Crippen LogP contribution in [-0.4, -0.2) is 15.1 Å². The van der Waals surface area contributed by atoms with E-state index in [1.807, 2.05) is 57.2 Å². The number of benzene rings is 3. The monoisotopic (exact) mass is 350 g/mol. The van der Waals surface area contributed by atoms with Crippen molar-refractivity contribution in [2.24, 2.45) is 0 Å². The predicted molar refractivity (Wildman–Crippen MR) is 105 cm³/mol. The maximum atomic E-state index is 10.1. The van der Waals surface area contributed by atoms with Gasteiger partial charge in [0.25, 0.3) is 0 Å². The number of aryl methyl sites for hydroxylation is 1. The zero-order valence-corrected chi connectivity index (χ0v) is 15.2. The summed E-state index contributed by atoms with van der Waals surface area (Å²) in [6, 6.07) is 15.3. The van der Waals surface area contributed by atoms with Gasteiger partial charge in [-0.1, -0.05) is 49.7 Å². The number of nitrogens with zero attached hydrogens (tertiary/aromatic N) is 2. The van der Waals surface area contributed by atoms with Gasteiger partial charge in [0, 0.05) is 21.7 Å². The predicted octanol–water partition coefficient (Wildman–Crippen LogP) is 6.14. The van der Waals surface area contributed by atoms with Gasteiger partial charge in [0.1, 0.15) is 12.1 Å². The SMILES string of the molecule is CC.Cc1ncnc2cc(-c3cc(O)cc4ccccc34)c(Cl)cc12. The van der Waals surface area contributed by atoms with E-state index in [9.17, 15) is 5.11 Å². The van der Waals surface area contributed by atoms with Gasteiger partial charge in [-0.15, -0.1) is 0 Å². The molecule has 1 aromatic heterocycles. The number of hydrogen-bond acceptors (Lipinski definition) is 3. The molecule has 4 rings (SSSR count). The molecule has 0 aliphatic rings. The van der Waals surface area contributed by atoms with Crippen molar-refractivity contribution < 1.29 is 5.11 Å². The van der Waals surface area contributed by atoms with E-state index in [1.165, 1.54) is 0 Å². The van der Waals surface area contributed by atoms with E-state index in [0.29, 0.717) is 5.02 Å². The second-order valence-electron chi connectivity index (χ2n) is 5.52.